The maximum Gasteiger partial charge on any atom is 0.136 e. The molecule has 0 bridgehead atoms. The van der Waals surface area contributed by atoms with Crippen molar-refractivity contribution in [1.82, 2.24) is 4.98 Å². The SMILES string of the molecule is NC1CCN(c2nccc3cc(Cl)ccc23)CC1. The van der Waals surface area contributed by atoms with Crippen molar-refractivity contribution in [2.45, 2.75) is 18.9 Å². The molecule has 0 aliphatic carbocycles. The van der Waals surface area contributed by atoms with Crippen LogP contribution in [0.3, 0.4) is 0 Å². The van der Waals surface area contributed by atoms with Crippen molar-refractivity contribution < 1.29 is 0 Å². The zero-order valence-corrected chi connectivity index (χ0v) is 10.9. The zero-order chi connectivity index (χ0) is 12.5. The molecule has 1 fully saturated rings. The number of hydrogen-bond acceptors (Lipinski definition) is 3. The molecule has 2 aromatic rings. The highest BCUT2D eigenvalue weighted by Crippen LogP contribution is 2.28. The van der Waals surface area contributed by atoms with Crippen LogP contribution in [0.4, 0.5) is 5.82 Å². The quantitative estimate of drug-likeness (QED) is 0.858. The fourth-order valence-corrected chi connectivity index (χ4v) is 2.68. The molecular formula is C14H16ClN3. The summed E-state index contributed by atoms with van der Waals surface area (Å²) < 4.78 is 0. The molecule has 18 heavy (non-hydrogen) atoms. The predicted molar refractivity (Wildman–Crippen MR) is 76.2 cm³/mol. The minimum absolute atomic E-state index is 0.339. The lowest BCUT2D eigenvalue weighted by atomic mass is 10.1. The first kappa shape index (κ1) is 11.8. The van der Waals surface area contributed by atoms with Gasteiger partial charge in [-0.3, -0.25) is 0 Å². The summed E-state index contributed by atoms with van der Waals surface area (Å²) in [5.74, 6) is 1.05. The summed E-state index contributed by atoms with van der Waals surface area (Å²) in [5, 5.41) is 3.07. The van der Waals surface area contributed by atoms with Crippen LogP contribution in [0.2, 0.25) is 5.02 Å². The Morgan fingerprint density at radius 2 is 2.00 bits per heavy atom. The summed E-state index contributed by atoms with van der Waals surface area (Å²) in [6.45, 7) is 1.96. The van der Waals surface area contributed by atoms with Gasteiger partial charge in [-0.25, -0.2) is 4.98 Å². The van der Waals surface area contributed by atoms with Crippen LogP contribution >= 0.6 is 11.6 Å². The van der Waals surface area contributed by atoms with Crippen molar-refractivity contribution in [2.24, 2.45) is 5.73 Å². The van der Waals surface area contributed by atoms with Crippen molar-refractivity contribution in [3.05, 3.63) is 35.5 Å². The molecule has 3 rings (SSSR count). The smallest absolute Gasteiger partial charge is 0.136 e. The molecule has 0 spiro atoms. The second-order valence-corrected chi connectivity index (χ2v) is 5.26. The van der Waals surface area contributed by atoms with Crippen LogP contribution in [0.15, 0.2) is 30.5 Å². The number of benzene rings is 1. The van der Waals surface area contributed by atoms with Crippen molar-refractivity contribution in [3.63, 3.8) is 0 Å². The highest BCUT2D eigenvalue weighted by atomic mass is 35.5. The van der Waals surface area contributed by atoms with Gasteiger partial charge in [0.1, 0.15) is 5.82 Å². The molecule has 1 aromatic carbocycles. The van der Waals surface area contributed by atoms with E-state index in [1.807, 2.05) is 24.4 Å². The molecule has 0 radical (unpaired) electrons. The van der Waals surface area contributed by atoms with Gasteiger partial charge >= 0.3 is 0 Å². The number of piperidine rings is 1. The molecule has 0 saturated carbocycles. The molecular weight excluding hydrogens is 246 g/mol. The highest BCUT2D eigenvalue weighted by molar-refractivity contribution is 6.31. The standard InChI is InChI=1S/C14H16ClN3/c15-11-1-2-13-10(9-11)3-6-17-14(13)18-7-4-12(16)5-8-18/h1-3,6,9,12H,4-5,7-8,16H2. The zero-order valence-electron chi connectivity index (χ0n) is 10.1. The molecule has 1 aliphatic heterocycles. The van der Waals surface area contributed by atoms with Crippen LogP contribution in [0.5, 0.6) is 0 Å². The van der Waals surface area contributed by atoms with E-state index in [9.17, 15) is 0 Å². The molecule has 1 aromatic heterocycles. The topological polar surface area (TPSA) is 42.1 Å². The summed E-state index contributed by atoms with van der Waals surface area (Å²) in [6, 6.07) is 8.29. The molecule has 2 heterocycles. The number of nitrogens with two attached hydrogens (primary N) is 1. The van der Waals surface area contributed by atoms with Gasteiger partial charge in [0, 0.05) is 35.7 Å². The number of nitrogens with zero attached hydrogens (tertiary/aromatic N) is 2. The van der Waals surface area contributed by atoms with E-state index < -0.39 is 0 Å². The van der Waals surface area contributed by atoms with E-state index in [0.29, 0.717) is 6.04 Å². The minimum Gasteiger partial charge on any atom is -0.356 e. The van der Waals surface area contributed by atoms with Crippen molar-refractivity contribution in [1.29, 1.82) is 0 Å². The number of aromatic nitrogens is 1. The maximum absolute atomic E-state index is 6.03. The van der Waals surface area contributed by atoms with Crippen LogP contribution in [-0.2, 0) is 0 Å². The van der Waals surface area contributed by atoms with Gasteiger partial charge in [0.2, 0.25) is 0 Å². The lowest BCUT2D eigenvalue weighted by molar-refractivity contribution is 0.499. The fraction of sp³-hybridized carbons (Fsp3) is 0.357. The predicted octanol–water partition coefficient (Wildman–Crippen LogP) is 2.82. The first-order chi connectivity index (χ1) is 8.74. The van der Waals surface area contributed by atoms with Crippen molar-refractivity contribution in [3.8, 4) is 0 Å². The van der Waals surface area contributed by atoms with Gasteiger partial charge in [0.15, 0.2) is 0 Å². The largest absolute Gasteiger partial charge is 0.356 e. The average molecular weight is 262 g/mol. The van der Waals surface area contributed by atoms with Gasteiger partial charge in [0.05, 0.1) is 0 Å². The Hall–Kier alpha value is -1.32. The number of halogens is 1. The molecule has 94 valence electrons. The summed E-state index contributed by atoms with van der Waals surface area (Å²) in [4.78, 5) is 6.85. The maximum atomic E-state index is 6.03. The monoisotopic (exact) mass is 261 g/mol. The van der Waals surface area contributed by atoms with Gasteiger partial charge in [-0.1, -0.05) is 11.6 Å². The fourth-order valence-electron chi connectivity index (χ4n) is 2.50. The number of hydrogen-bond donors (Lipinski definition) is 1. The summed E-state index contributed by atoms with van der Waals surface area (Å²) in [6.07, 6.45) is 3.92. The lowest BCUT2D eigenvalue weighted by Crippen LogP contribution is -2.40. The normalized spacial score (nSPS) is 17.3. The molecule has 4 heteroatoms. The first-order valence-electron chi connectivity index (χ1n) is 6.29. The molecule has 3 nitrogen and oxygen atoms in total. The molecule has 0 amide bonds. The van der Waals surface area contributed by atoms with Crippen LogP contribution in [0.1, 0.15) is 12.8 Å². The van der Waals surface area contributed by atoms with E-state index in [1.54, 1.807) is 0 Å². The van der Waals surface area contributed by atoms with Crippen molar-refractivity contribution in [2.75, 3.05) is 18.0 Å². The van der Waals surface area contributed by atoms with E-state index >= 15 is 0 Å². The van der Waals surface area contributed by atoms with E-state index in [-0.39, 0.29) is 0 Å². The third kappa shape index (κ3) is 2.16. The van der Waals surface area contributed by atoms with E-state index in [1.165, 1.54) is 0 Å². The summed E-state index contributed by atoms with van der Waals surface area (Å²) >= 11 is 6.03. The van der Waals surface area contributed by atoms with Crippen LogP contribution in [0, 0.1) is 0 Å². The summed E-state index contributed by atoms with van der Waals surface area (Å²) in [5.41, 5.74) is 5.94. The Balaban J connectivity index is 2.01. The number of anilines is 1. The Bertz CT molecular complexity index is 562. The Morgan fingerprint density at radius 3 is 2.78 bits per heavy atom. The number of rotatable bonds is 1. The number of pyridine rings is 1. The Labute approximate surface area is 112 Å². The van der Waals surface area contributed by atoms with Crippen LogP contribution in [-0.4, -0.2) is 24.1 Å². The van der Waals surface area contributed by atoms with E-state index in [2.05, 4.69) is 16.0 Å². The Kier molecular flexibility index (Phi) is 3.10. The van der Waals surface area contributed by atoms with Gasteiger partial charge in [-0.15, -0.1) is 0 Å². The third-order valence-electron chi connectivity index (χ3n) is 3.54. The number of fused-ring (bicyclic) bond motifs is 1. The van der Waals surface area contributed by atoms with Gasteiger partial charge < -0.3 is 10.6 Å². The molecule has 2 N–H and O–H groups in total. The van der Waals surface area contributed by atoms with Crippen molar-refractivity contribution >= 4 is 28.2 Å². The molecule has 1 saturated heterocycles. The van der Waals surface area contributed by atoms with Gasteiger partial charge in [-0.05, 0) is 42.5 Å². The highest BCUT2D eigenvalue weighted by Gasteiger charge is 2.18. The van der Waals surface area contributed by atoms with Gasteiger partial charge in [0.25, 0.3) is 0 Å². The lowest BCUT2D eigenvalue weighted by Gasteiger charge is -2.31. The second kappa shape index (κ2) is 4.75. The molecule has 0 unspecified atom stereocenters. The van der Waals surface area contributed by atoms with Crippen LogP contribution in [0.25, 0.3) is 10.8 Å². The van der Waals surface area contributed by atoms with Gasteiger partial charge in [-0.2, -0.15) is 0 Å². The van der Waals surface area contributed by atoms with Crippen LogP contribution < -0.4 is 10.6 Å². The second-order valence-electron chi connectivity index (χ2n) is 4.82. The Morgan fingerprint density at radius 1 is 1.22 bits per heavy atom. The molecule has 1 aliphatic rings. The summed E-state index contributed by atoms with van der Waals surface area (Å²) in [7, 11) is 0. The molecule has 0 atom stereocenters. The van der Waals surface area contributed by atoms with E-state index in [0.717, 1.165) is 47.5 Å². The third-order valence-corrected chi connectivity index (χ3v) is 3.78. The van der Waals surface area contributed by atoms with E-state index in [4.69, 9.17) is 17.3 Å². The minimum atomic E-state index is 0.339. The first-order valence-corrected chi connectivity index (χ1v) is 6.66. The average Bonchev–Trinajstić information content (AvgIpc) is 2.38.